The largest absolute Gasteiger partial charge is 1.00 e. The number of piperazine rings is 1. The van der Waals surface area contributed by atoms with Gasteiger partial charge < -0.3 is 36.4 Å². The molecule has 1 saturated heterocycles. The van der Waals surface area contributed by atoms with Gasteiger partial charge in [0, 0.05) is 38.3 Å². The molecule has 1 aromatic heterocycles. The normalized spacial score (nSPS) is 18.8. The maximum atomic E-state index is 14.2. The molecule has 1 atom stereocenters. The van der Waals surface area contributed by atoms with E-state index in [9.17, 15) is 9.18 Å². The Morgan fingerprint density at radius 2 is 2.00 bits per heavy atom. The molecule has 1 amide bonds. The number of pyridine rings is 1. The number of aromatic nitrogens is 1. The van der Waals surface area contributed by atoms with Crippen molar-refractivity contribution in [3.8, 4) is 0 Å². The zero-order valence-corrected chi connectivity index (χ0v) is 18.4. The van der Waals surface area contributed by atoms with Gasteiger partial charge in [0.05, 0.1) is 11.9 Å². The van der Waals surface area contributed by atoms with Crippen molar-refractivity contribution in [3.05, 3.63) is 45.0 Å². The minimum Gasteiger partial charge on any atom is -0.368 e. The van der Waals surface area contributed by atoms with Crippen molar-refractivity contribution in [1.29, 1.82) is 0 Å². The van der Waals surface area contributed by atoms with Crippen LogP contribution < -0.4 is 61.6 Å². The quantitative estimate of drug-likeness (QED) is 0.539. The maximum absolute atomic E-state index is 14.2. The van der Waals surface area contributed by atoms with E-state index < -0.39 is 11.7 Å². The third-order valence-electron chi connectivity index (χ3n) is 4.48. The number of nitrogens with zero attached hydrogens (tertiary/aromatic N) is 3. The molecule has 2 heterocycles. The topological polar surface area (TPSA) is 48.5 Å². The molecule has 1 aromatic rings. The van der Waals surface area contributed by atoms with E-state index in [0.29, 0.717) is 0 Å². The van der Waals surface area contributed by atoms with Gasteiger partial charge in [0.2, 0.25) is 0 Å². The third-order valence-corrected chi connectivity index (χ3v) is 4.48. The van der Waals surface area contributed by atoms with Gasteiger partial charge in [-0.2, -0.15) is 6.42 Å². The molecule has 1 saturated carbocycles. The van der Waals surface area contributed by atoms with E-state index >= 15 is 0 Å². The Labute approximate surface area is 193 Å². The van der Waals surface area contributed by atoms with Crippen LogP contribution in [-0.4, -0.2) is 54.1 Å². The standard InChI is InChI=1S/C17H23FN4O.CH3.K/c1-3-12(2)21-6-8-22(9-7-21)14-10-15(18)16(19-11-14)17(23)20-13-4-5-13;;/h10-13H,1-9H2,(H,20,23);1H3;/q-2;-1;+1/t12-;;/m0../s1. The molecule has 134 valence electrons. The summed E-state index contributed by atoms with van der Waals surface area (Å²) in [7, 11) is 0. The third kappa shape index (κ3) is 5.97. The van der Waals surface area contributed by atoms with E-state index in [4.69, 9.17) is 0 Å². The molecule has 0 spiro atoms. The molecule has 1 aliphatic heterocycles. The molecule has 1 aliphatic carbocycles. The monoisotopic (exact) mass is 372 g/mol. The van der Waals surface area contributed by atoms with Crippen molar-refractivity contribution in [2.75, 3.05) is 31.1 Å². The Morgan fingerprint density at radius 3 is 2.52 bits per heavy atom. The fourth-order valence-electron chi connectivity index (χ4n) is 2.78. The molecule has 0 bridgehead atoms. The average molecular weight is 373 g/mol. The van der Waals surface area contributed by atoms with Crippen LogP contribution in [0.25, 0.3) is 0 Å². The van der Waals surface area contributed by atoms with Gasteiger partial charge >= 0.3 is 51.4 Å². The first kappa shape index (κ1) is 23.0. The van der Waals surface area contributed by atoms with Crippen LogP contribution in [0.4, 0.5) is 10.1 Å². The van der Waals surface area contributed by atoms with Crippen LogP contribution in [0.2, 0.25) is 0 Å². The van der Waals surface area contributed by atoms with Gasteiger partial charge in [-0.05, 0) is 12.8 Å². The van der Waals surface area contributed by atoms with Crippen molar-refractivity contribution in [1.82, 2.24) is 15.2 Å². The number of nitrogens with one attached hydrogen (secondary N) is 1. The van der Waals surface area contributed by atoms with Gasteiger partial charge in [-0.1, -0.05) is 0 Å². The first-order valence-electron chi connectivity index (χ1n) is 8.16. The van der Waals surface area contributed by atoms with Gasteiger partial charge in [0.1, 0.15) is 0 Å². The van der Waals surface area contributed by atoms with Crippen LogP contribution in [-0.2, 0) is 0 Å². The van der Waals surface area contributed by atoms with E-state index in [1.54, 1.807) is 6.20 Å². The van der Waals surface area contributed by atoms with Crippen molar-refractivity contribution in [2.45, 2.75) is 31.3 Å². The van der Waals surface area contributed by atoms with Gasteiger partial charge in [-0.15, -0.1) is 6.04 Å². The molecule has 0 unspecified atom stereocenters. The van der Waals surface area contributed by atoms with E-state index in [1.807, 2.05) is 0 Å². The molecule has 25 heavy (non-hydrogen) atoms. The zero-order valence-electron chi connectivity index (χ0n) is 15.3. The van der Waals surface area contributed by atoms with Crippen LogP contribution in [0.3, 0.4) is 0 Å². The van der Waals surface area contributed by atoms with E-state index in [1.165, 1.54) is 6.07 Å². The molecule has 2 fully saturated rings. The summed E-state index contributed by atoms with van der Waals surface area (Å²) in [5.41, 5.74) is 0.606. The zero-order chi connectivity index (χ0) is 16.4. The Hall–Kier alpha value is -0.0536. The number of carbonyl (C=O) groups is 1. The number of halogens is 1. The predicted octanol–water partition coefficient (Wildman–Crippen LogP) is -0.884. The van der Waals surface area contributed by atoms with Crippen molar-refractivity contribution in [2.24, 2.45) is 0 Å². The van der Waals surface area contributed by atoms with E-state index in [-0.39, 0.29) is 76.6 Å². The van der Waals surface area contributed by atoms with Crippen LogP contribution in [0.5, 0.6) is 0 Å². The molecule has 3 rings (SSSR count). The van der Waals surface area contributed by atoms with Crippen LogP contribution in [0, 0.1) is 27.1 Å². The van der Waals surface area contributed by atoms with Crippen molar-refractivity contribution >= 4 is 11.6 Å². The second-order valence-corrected chi connectivity index (χ2v) is 6.24. The first-order chi connectivity index (χ1) is 11.1. The first-order valence-corrected chi connectivity index (χ1v) is 8.16. The predicted molar refractivity (Wildman–Crippen MR) is 94.0 cm³/mol. The minimum atomic E-state index is -0.559. The summed E-state index contributed by atoms with van der Waals surface area (Å²) in [6.07, 6.45) is 4.30. The van der Waals surface area contributed by atoms with Gasteiger partial charge in [-0.3, -0.25) is 4.79 Å². The molecular formula is C18H26FKN4O-2. The van der Waals surface area contributed by atoms with Gasteiger partial charge in [-0.25, -0.2) is 9.37 Å². The molecule has 0 aromatic carbocycles. The number of anilines is 1. The van der Waals surface area contributed by atoms with Crippen molar-refractivity contribution in [3.63, 3.8) is 0 Å². The Kier molecular flexibility index (Phi) is 9.49. The summed E-state index contributed by atoms with van der Waals surface area (Å²) in [5.74, 6) is -0.979. The minimum absolute atomic E-state index is 0. The Morgan fingerprint density at radius 1 is 1.36 bits per heavy atom. The number of hydrogen-bond donors (Lipinski definition) is 1. The number of hydrogen-bond acceptors (Lipinski definition) is 4. The molecule has 0 radical (unpaired) electrons. The summed E-state index contributed by atoms with van der Waals surface area (Å²) in [6, 6.07) is 1.83. The van der Waals surface area contributed by atoms with Crippen molar-refractivity contribution < 1.29 is 60.6 Å². The Bertz CT molecular complexity index is 574. The molecular weight excluding hydrogens is 346 g/mol. The summed E-state index contributed by atoms with van der Waals surface area (Å²) < 4.78 is 14.2. The van der Waals surface area contributed by atoms with Gasteiger partial charge in [0.25, 0.3) is 5.91 Å². The summed E-state index contributed by atoms with van der Waals surface area (Å²) >= 11 is 0. The molecule has 7 heteroatoms. The second kappa shape index (κ2) is 10.3. The SMILES string of the molecule is [CH2-]C[C@H]([CH2-])N1CCN(c2cnc(C(=O)NC3CC3)c(F)c2)CC1.[CH3-].[K+]. The summed E-state index contributed by atoms with van der Waals surface area (Å²) in [5, 5.41) is 2.76. The maximum Gasteiger partial charge on any atom is 1.00 e. The molecule has 5 nitrogen and oxygen atoms in total. The molecule has 2 aliphatic rings. The van der Waals surface area contributed by atoms with E-state index in [2.05, 4.69) is 33.9 Å². The van der Waals surface area contributed by atoms with Crippen LogP contribution >= 0.6 is 0 Å². The summed E-state index contributed by atoms with van der Waals surface area (Å²) in [6.45, 7) is 11.3. The smallest absolute Gasteiger partial charge is 0.368 e. The van der Waals surface area contributed by atoms with Crippen LogP contribution in [0.15, 0.2) is 12.3 Å². The van der Waals surface area contributed by atoms with Gasteiger partial charge in [0.15, 0.2) is 11.5 Å². The number of carbonyl (C=O) groups excluding carboxylic acids is 1. The van der Waals surface area contributed by atoms with E-state index in [0.717, 1.165) is 51.1 Å². The van der Waals surface area contributed by atoms with Crippen LogP contribution in [0.1, 0.15) is 29.8 Å². The summed E-state index contributed by atoms with van der Waals surface area (Å²) in [4.78, 5) is 20.3. The Balaban J connectivity index is 0.00000156. The molecule has 1 N–H and O–H groups in total. The second-order valence-electron chi connectivity index (χ2n) is 6.24. The number of rotatable bonds is 5. The fourth-order valence-corrected chi connectivity index (χ4v) is 2.78. The fraction of sp³-hybridized carbons (Fsp3) is 0.500. The number of amides is 1. The average Bonchev–Trinajstić information content (AvgIpc) is 3.38.